The maximum Gasteiger partial charge on any atom is 0.188 e. The van der Waals surface area contributed by atoms with Crippen LogP contribution in [0.3, 0.4) is 0 Å². The highest BCUT2D eigenvalue weighted by molar-refractivity contribution is 5.97. The average molecular weight is 344 g/mol. The number of hydrogen-bond acceptors (Lipinski definition) is 5. The summed E-state index contributed by atoms with van der Waals surface area (Å²) in [4.78, 5) is 11.5. The molecular formula is C20H24O5. The van der Waals surface area contributed by atoms with Crippen molar-refractivity contribution in [2.75, 3.05) is 19.8 Å². The molecule has 25 heavy (non-hydrogen) atoms. The molecule has 0 fully saturated rings. The van der Waals surface area contributed by atoms with E-state index in [0.29, 0.717) is 11.3 Å². The number of rotatable bonds is 10. The Hall–Kier alpha value is -2.37. The largest absolute Gasteiger partial charge is 0.491 e. The zero-order chi connectivity index (χ0) is 18.1. The van der Waals surface area contributed by atoms with Crippen molar-refractivity contribution in [2.24, 2.45) is 0 Å². The number of carbonyl (C=O) groups excluding carboxylic acids is 1. The van der Waals surface area contributed by atoms with E-state index in [0.717, 1.165) is 24.2 Å². The van der Waals surface area contributed by atoms with Gasteiger partial charge in [-0.05, 0) is 30.2 Å². The molecule has 5 heteroatoms. The molecule has 1 atom stereocenters. The summed E-state index contributed by atoms with van der Waals surface area (Å²) in [5.74, 6) is 0.866. The second kappa shape index (κ2) is 9.81. The van der Waals surface area contributed by atoms with Gasteiger partial charge in [-0.3, -0.25) is 4.79 Å². The third-order valence-corrected chi connectivity index (χ3v) is 3.67. The summed E-state index contributed by atoms with van der Waals surface area (Å²) in [5, 5.41) is 18.9. The number of Topliss-reactive ketones (excluding diaryl/α,β-unsaturated/α-hetero) is 1. The predicted octanol–water partition coefficient (Wildman–Crippen LogP) is 2.63. The Bertz CT molecular complexity index is 683. The first-order chi connectivity index (χ1) is 12.1. The first kappa shape index (κ1) is 19.0. The van der Waals surface area contributed by atoms with E-state index in [1.807, 2.05) is 24.3 Å². The predicted molar refractivity (Wildman–Crippen MR) is 95.3 cm³/mol. The summed E-state index contributed by atoms with van der Waals surface area (Å²) in [6, 6.07) is 14.3. The summed E-state index contributed by atoms with van der Waals surface area (Å²) in [7, 11) is 0. The van der Waals surface area contributed by atoms with Crippen LogP contribution >= 0.6 is 0 Å². The van der Waals surface area contributed by atoms with Crippen LogP contribution < -0.4 is 9.47 Å². The average Bonchev–Trinajstić information content (AvgIpc) is 2.65. The second-order valence-corrected chi connectivity index (χ2v) is 5.74. The Morgan fingerprint density at radius 2 is 1.84 bits per heavy atom. The van der Waals surface area contributed by atoms with Crippen molar-refractivity contribution < 1.29 is 24.5 Å². The molecule has 0 aliphatic rings. The standard InChI is InChI=1S/C20H24O5/c1-2-6-15-7-3-4-10-20(15)25-14-17(22)13-24-18-9-5-8-16(11-18)19(23)12-21/h3-5,7-11,17,21-22H,2,6,12-14H2,1H3. The number of hydrogen-bond donors (Lipinski definition) is 2. The molecule has 134 valence electrons. The monoisotopic (exact) mass is 344 g/mol. The third-order valence-electron chi connectivity index (χ3n) is 3.67. The van der Waals surface area contributed by atoms with E-state index < -0.39 is 12.7 Å². The fourth-order valence-electron chi connectivity index (χ4n) is 2.40. The van der Waals surface area contributed by atoms with Crippen LogP contribution in [0, 0.1) is 0 Å². The lowest BCUT2D eigenvalue weighted by Crippen LogP contribution is -2.25. The van der Waals surface area contributed by atoms with Gasteiger partial charge in [0.2, 0.25) is 0 Å². The van der Waals surface area contributed by atoms with Gasteiger partial charge in [-0.1, -0.05) is 43.7 Å². The molecule has 5 nitrogen and oxygen atoms in total. The molecular weight excluding hydrogens is 320 g/mol. The fourth-order valence-corrected chi connectivity index (χ4v) is 2.40. The van der Waals surface area contributed by atoms with Crippen molar-refractivity contribution in [3.05, 3.63) is 59.7 Å². The summed E-state index contributed by atoms with van der Waals surface area (Å²) >= 11 is 0. The highest BCUT2D eigenvalue weighted by atomic mass is 16.5. The molecule has 0 heterocycles. The number of carbonyl (C=O) groups is 1. The van der Waals surface area contributed by atoms with Gasteiger partial charge in [0, 0.05) is 5.56 Å². The number of ether oxygens (including phenoxy) is 2. The van der Waals surface area contributed by atoms with E-state index in [9.17, 15) is 9.90 Å². The number of benzene rings is 2. The highest BCUT2D eigenvalue weighted by Crippen LogP contribution is 2.20. The quantitative estimate of drug-likeness (QED) is 0.648. The first-order valence-electron chi connectivity index (χ1n) is 8.39. The van der Waals surface area contributed by atoms with Gasteiger partial charge in [0.05, 0.1) is 0 Å². The number of aliphatic hydroxyl groups excluding tert-OH is 2. The van der Waals surface area contributed by atoms with Crippen molar-refractivity contribution in [1.82, 2.24) is 0 Å². The van der Waals surface area contributed by atoms with Gasteiger partial charge >= 0.3 is 0 Å². The molecule has 2 rings (SSSR count). The molecule has 0 radical (unpaired) electrons. The molecule has 0 bridgehead atoms. The minimum Gasteiger partial charge on any atom is -0.491 e. The van der Waals surface area contributed by atoms with Gasteiger partial charge in [0.1, 0.15) is 37.4 Å². The van der Waals surface area contributed by atoms with Gasteiger partial charge in [-0.15, -0.1) is 0 Å². The van der Waals surface area contributed by atoms with Gasteiger partial charge in [-0.25, -0.2) is 0 Å². The van der Waals surface area contributed by atoms with E-state index >= 15 is 0 Å². The summed E-state index contributed by atoms with van der Waals surface area (Å²) < 4.78 is 11.2. The van der Waals surface area contributed by atoms with E-state index in [2.05, 4.69) is 6.92 Å². The van der Waals surface area contributed by atoms with Crippen LogP contribution in [0.2, 0.25) is 0 Å². The third kappa shape index (κ3) is 5.89. The highest BCUT2D eigenvalue weighted by Gasteiger charge is 2.10. The number of aryl methyl sites for hydroxylation is 1. The molecule has 0 saturated carbocycles. The molecule has 0 aliphatic carbocycles. The number of para-hydroxylation sites is 1. The zero-order valence-electron chi connectivity index (χ0n) is 14.4. The normalized spacial score (nSPS) is 11.8. The maximum atomic E-state index is 11.5. The maximum absolute atomic E-state index is 11.5. The van der Waals surface area contributed by atoms with Gasteiger partial charge in [0.15, 0.2) is 5.78 Å². The smallest absolute Gasteiger partial charge is 0.188 e. The van der Waals surface area contributed by atoms with Gasteiger partial charge in [-0.2, -0.15) is 0 Å². The van der Waals surface area contributed by atoms with Crippen LogP contribution in [-0.2, 0) is 6.42 Å². The summed E-state index contributed by atoms with van der Waals surface area (Å²) in [6.07, 6.45) is 1.15. The van der Waals surface area contributed by atoms with Crippen LogP contribution in [0.4, 0.5) is 0 Å². The van der Waals surface area contributed by atoms with Crippen molar-refractivity contribution >= 4 is 5.78 Å². The number of ketones is 1. The first-order valence-corrected chi connectivity index (χ1v) is 8.39. The lowest BCUT2D eigenvalue weighted by molar-refractivity contribution is 0.0622. The Kier molecular flexibility index (Phi) is 7.44. The van der Waals surface area contributed by atoms with Crippen LogP contribution in [0.1, 0.15) is 29.3 Å². The lowest BCUT2D eigenvalue weighted by Gasteiger charge is -2.15. The van der Waals surface area contributed by atoms with Crippen molar-refractivity contribution in [1.29, 1.82) is 0 Å². The van der Waals surface area contributed by atoms with E-state index in [1.165, 1.54) is 0 Å². The Morgan fingerprint density at radius 1 is 1.08 bits per heavy atom. The Morgan fingerprint density at radius 3 is 2.60 bits per heavy atom. The minimum absolute atomic E-state index is 0.0483. The zero-order valence-corrected chi connectivity index (χ0v) is 14.4. The van der Waals surface area contributed by atoms with Crippen LogP contribution in [0.25, 0.3) is 0 Å². The van der Waals surface area contributed by atoms with E-state index in [-0.39, 0.29) is 19.0 Å². The topological polar surface area (TPSA) is 76.0 Å². The molecule has 0 aliphatic heterocycles. The van der Waals surface area contributed by atoms with E-state index in [4.69, 9.17) is 14.6 Å². The Labute approximate surface area is 147 Å². The van der Waals surface area contributed by atoms with E-state index in [1.54, 1.807) is 24.3 Å². The van der Waals surface area contributed by atoms with Crippen molar-refractivity contribution in [2.45, 2.75) is 25.9 Å². The van der Waals surface area contributed by atoms with Gasteiger partial charge < -0.3 is 19.7 Å². The van der Waals surface area contributed by atoms with Gasteiger partial charge in [0.25, 0.3) is 0 Å². The van der Waals surface area contributed by atoms with Crippen LogP contribution in [0.5, 0.6) is 11.5 Å². The molecule has 0 aromatic heterocycles. The van der Waals surface area contributed by atoms with Crippen LogP contribution in [-0.4, -0.2) is 41.9 Å². The van der Waals surface area contributed by atoms with Crippen molar-refractivity contribution in [3.8, 4) is 11.5 Å². The molecule has 0 amide bonds. The minimum atomic E-state index is -0.799. The summed E-state index contributed by atoms with van der Waals surface area (Å²) in [6.45, 7) is 1.73. The number of aliphatic hydroxyl groups is 2. The molecule has 0 saturated heterocycles. The second-order valence-electron chi connectivity index (χ2n) is 5.74. The molecule has 2 N–H and O–H groups in total. The molecule has 0 spiro atoms. The lowest BCUT2D eigenvalue weighted by atomic mass is 10.1. The SMILES string of the molecule is CCCc1ccccc1OCC(O)COc1cccc(C(=O)CO)c1. The molecule has 1 unspecified atom stereocenters. The Balaban J connectivity index is 1.85. The molecule has 2 aromatic carbocycles. The van der Waals surface area contributed by atoms with Crippen LogP contribution in [0.15, 0.2) is 48.5 Å². The fraction of sp³-hybridized carbons (Fsp3) is 0.350. The summed E-state index contributed by atoms with van der Waals surface area (Å²) in [5.41, 5.74) is 1.49. The molecule has 2 aromatic rings. The van der Waals surface area contributed by atoms with Crippen molar-refractivity contribution in [3.63, 3.8) is 0 Å².